The highest BCUT2D eigenvalue weighted by Crippen LogP contribution is 2.34. The lowest BCUT2D eigenvalue weighted by Crippen LogP contribution is -2.42. The van der Waals surface area contributed by atoms with Gasteiger partial charge < -0.3 is 14.2 Å². The Bertz CT molecular complexity index is 567. The van der Waals surface area contributed by atoms with Crippen molar-refractivity contribution in [2.45, 2.75) is 46.5 Å². The summed E-state index contributed by atoms with van der Waals surface area (Å²) in [7, 11) is 1.52. The molecule has 0 atom stereocenters. The van der Waals surface area contributed by atoms with Crippen molar-refractivity contribution in [3.63, 3.8) is 0 Å². The molecule has 1 aromatic carbocycles. The molecule has 0 bridgehead atoms. The van der Waals surface area contributed by atoms with Crippen LogP contribution in [0.5, 0.6) is 11.5 Å². The van der Waals surface area contributed by atoms with Crippen LogP contribution in [0.15, 0.2) is 18.2 Å². The van der Waals surface area contributed by atoms with Crippen molar-refractivity contribution in [3.05, 3.63) is 23.2 Å². The fraction of sp³-hybridized carbons (Fsp3) is 0.556. The third-order valence-corrected chi connectivity index (χ3v) is 4.36. The van der Waals surface area contributed by atoms with Gasteiger partial charge in [-0.25, -0.2) is 0 Å². The van der Waals surface area contributed by atoms with Gasteiger partial charge in [0.2, 0.25) is 0 Å². The highest BCUT2D eigenvalue weighted by Gasteiger charge is 2.46. The lowest BCUT2D eigenvalue weighted by Gasteiger charge is -2.27. The van der Waals surface area contributed by atoms with Crippen LogP contribution in [0.25, 0.3) is 0 Å². The van der Waals surface area contributed by atoms with Gasteiger partial charge in [0, 0.05) is 6.07 Å². The first-order chi connectivity index (χ1) is 11.4. The monoisotopic (exact) mass is 356 g/mol. The Morgan fingerprint density at radius 2 is 1.79 bits per heavy atom. The van der Waals surface area contributed by atoms with E-state index in [0.29, 0.717) is 25.2 Å². The van der Waals surface area contributed by atoms with Crippen LogP contribution < -0.4 is 9.47 Å². The average Bonchev–Trinajstić information content (AvgIpc) is 2.58. The Morgan fingerprint density at radius 1 is 1.12 bits per heavy atom. The first-order valence-corrected chi connectivity index (χ1v) is 8.56. The molecule has 0 unspecified atom stereocenters. The van der Waals surface area contributed by atoms with Gasteiger partial charge in [0.05, 0.1) is 18.7 Å². The van der Waals surface area contributed by atoms with Gasteiger partial charge in [0.25, 0.3) is 0 Å². The van der Waals surface area contributed by atoms with Gasteiger partial charge in [-0.3, -0.25) is 9.59 Å². The summed E-state index contributed by atoms with van der Waals surface area (Å²) in [6.45, 7) is 5.83. The average molecular weight is 357 g/mol. The Kier molecular flexibility index (Phi) is 8.05. The van der Waals surface area contributed by atoms with Crippen LogP contribution in [-0.2, 0) is 14.3 Å². The van der Waals surface area contributed by atoms with E-state index in [1.54, 1.807) is 26.0 Å². The van der Waals surface area contributed by atoms with Gasteiger partial charge in [-0.2, -0.15) is 0 Å². The number of methoxy groups -OCH3 is 1. The molecule has 1 aromatic rings. The molecular formula is C18H25ClO5. The SMILES string of the molecule is CCCCOC(=O)C(CC)(CC)C(=O)Oc1ccc(OC)cc1Cl. The molecular weight excluding hydrogens is 332 g/mol. The molecule has 0 saturated carbocycles. The summed E-state index contributed by atoms with van der Waals surface area (Å²) < 4.78 is 15.7. The van der Waals surface area contributed by atoms with E-state index in [2.05, 4.69) is 0 Å². The molecule has 6 heteroatoms. The molecule has 0 spiro atoms. The zero-order valence-corrected chi connectivity index (χ0v) is 15.4. The summed E-state index contributed by atoms with van der Waals surface area (Å²) in [5.74, 6) is -0.456. The molecule has 0 fully saturated rings. The minimum absolute atomic E-state index is 0.190. The van der Waals surface area contributed by atoms with E-state index in [9.17, 15) is 9.59 Å². The van der Waals surface area contributed by atoms with E-state index in [1.807, 2.05) is 6.92 Å². The van der Waals surface area contributed by atoms with Crippen LogP contribution in [0.1, 0.15) is 46.5 Å². The van der Waals surface area contributed by atoms with E-state index >= 15 is 0 Å². The van der Waals surface area contributed by atoms with Crippen molar-refractivity contribution in [1.29, 1.82) is 0 Å². The van der Waals surface area contributed by atoms with Crippen LogP contribution >= 0.6 is 11.6 Å². The molecule has 0 aliphatic heterocycles. The van der Waals surface area contributed by atoms with Crippen LogP contribution in [0.3, 0.4) is 0 Å². The number of hydrogen-bond acceptors (Lipinski definition) is 5. The number of esters is 2. The molecule has 0 N–H and O–H groups in total. The second-order valence-corrected chi connectivity index (χ2v) is 5.87. The van der Waals surface area contributed by atoms with Gasteiger partial charge in [-0.1, -0.05) is 38.8 Å². The molecule has 0 saturated heterocycles. The summed E-state index contributed by atoms with van der Waals surface area (Å²) in [6.07, 6.45) is 2.25. The maximum absolute atomic E-state index is 12.7. The maximum Gasteiger partial charge on any atom is 0.328 e. The molecule has 0 amide bonds. The van der Waals surface area contributed by atoms with Crippen LogP contribution in [0, 0.1) is 5.41 Å². The lowest BCUT2D eigenvalue weighted by molar-refractivity contribution is -0.168. The first kappa shape index (κ1) is 20.3. The third-order valence-electron chi connectivity index (χ3n) is 4.06. The molecule has 5 nitrogen and oxygen atoms in total. The molecule has 0 aliphatic carbocycles. The zero-order chi connectivity index (χ0) is 18.2. The first-order valence-electron chi connectivity index (χ1n) is 8.18. The molecule has 0 aromatic heterocycles. The van der Waals surface area contributed by atoms with E-state index in [-0.39, 0.29) is 10.8 Å². The predicted octanol–water partition coefficient (Wildman–Crippen LogP) is 4.40. The summed E-state index contributed by atoms with van der Waals surface area (Å²) in [5.41, 5.74) is -1.32. The number of carbonyl (C=O) groups excluding carboxylic acids is 2. The fourth-order valence-electron chi connectivity index (χ4n) is 2.25. The zero-order valence-electron chi connectivity index (χ0n) is 14.7. The van der Waals surface area contributed by atoms with E-state index < -0.39 is 17.4 Å². The van der Waals surface area contributed by atoms with Crippen molar-refractivity contribution in [1.82, 2.24) is 0 Å². The number of halogens is 1. The van der Waals surface area contributed by atoms with Crippen molar-refractivity contribution < 1.29 is 23.8 Å². The van der Waals surface area contributed by atoms with E-state index in [1.165, 1.54) is 13.2 Å². The maximum atomic E-state index is 12.7. The summed E-state index contributed by atoms with van der Waals surface area (Å²) in [5, 5.41) is 0.239. The lowest BCUT2D eigenvalue weighted by atomic mass is 9.82. The Balaban J connectivity index is 2.95. The molecule has 0 radical (unpaired) electrons. The smallest absolute Gasteiger partial charge is 0.328 e. The second kappa shape index (κ2) is 9.52. The highest BCUT2D eigenvalue weighted by atomic mass is 35.5. The van der Waals surface area contributed by atoms with Gasteiger partial charge in [0.1, 0.15) is 11.5 Å². The van der Waals surface area contributed by atoms with Gasteiger partial charge >= 0.3 is 11.9 Å². The second-order valence-electron chi connectivity index (χ2n) is 5.46. The minimum Gasteiger partial charge on any atom is -0.497 e. The van der Waals surface area contributed by atoms with Gasteiger partial charge in [-0.15, -0.1) is 0 Å². The Labute approximate surface area is 148 Å². The van der Waals surface area contributed by atoms with Crippen molar-refractivity contribution in [3.8, 4) is 11.5 Å². The standard InChI is InChI=1S/C18H25ClO5/c1-5-8-11-23-16(20)18(6-2,7-3)17(21)24-15-10-9-13(22-4)12-14(15)19/h9-10,12H,5-8,11H2,1-4H3. The van der Waals surface area contributed by atoms with Gasteiger partial charge in [-0.05, 0) is 31.4 Å². The third kappa shape index (κ3) is 4.63. The Morgan fingerprint density at radius 3 is 2.29 bits per heavy atom. The quantitative estimate of drug-likeness (QED) is 0.284. The molecule has 134 valence electrons. The van der Waals surface area contributed by atoms with E-state index in [0.717, 1.165) is 12.8 Å². The number of rotatable bonds is 9. The van der Waals surface area contributed by atoms with Crippen LogP contribution in [0.2, 0.25) is 5.02 Å². The van der Waals surface area contributed by atoms with Crippen LogP contribution in [0.4, 0.5) is 0 Å². The van der Waals surface area contributed by atoms with Crippen LogP contribution in [-0.4, -0.2) is 25.7 Å². The van der Waals surface area contributed by atoms with Crippen molar-refractivity contribution in [2.75, 3.05) is 13.7 Å². The highest BCUT2D eigenvalue weighted by molar-refractivity contribution is 6.32. The predicted molar refractivity (Wildman–Crippen MR) is 92.5 cm³/mol. The van der Waals surface area contributed by atoms with Crippen molar-refractivity contribution in [2.24, 2.45) is 5.41 Å². The molecule has 0 heterocycles. The number of unbranched alkanes of at least 4 members (excludes halogenated alkanes) is 1. The topological polar surface area (TPSA) is 61.8 Å². The summed E-state index contributed by atoms with van der Waals surface area (Å²) in [6, 6.07) is 4.72. The van der Waals surface area contributed by atoms with E-state index in [4.69, 9.17) is 25.8 Å². The number of ether oxygens (including phenoxy) is 3. The molecule has 1 rings (SSSR count). The number of benzene rings is 1. The van der Waals surface area contributed by atoms with Gasteiger partial charge in [0.15, 0.2) is 5.41 Å². The normalized spacial score (nSPS) is 11.0. The minimum atomic E-state index is -1.32. The largest absolute Gasteiger partial charge is 0.497 e. The number of hydrogen-bond donors (Lipinski definition) is 0. The Hall–Kier alpha value is -1.75. The fourth-order valence-corrected chi connectivity index (χ4v) is 2.46. The van der Waals surface area contributed by atoms with Crippen molar-refractivity contribution >= 4 is 23.5 Å². The number of carbonyl (C=O) groups is 2. The molecule has 24 heavy (non-hydrogen) atoms. The summed E-state index contributed by atoms with van der Waals surface area (Å²) >= 11 is 6.10. The molecule has 0 aliphatic rings. The summed E-state index contributed by atoms with van der Waals surface area (Å²) in [4.78, 5) is 25.1.